The third-order valence-electron chi connectivity index (χ3n) is 2.53. The Morgan fingerprint density at radius 2 is 2.11 bits per heavy atom. The molecule has 1 atom stereocenters. The molecular weight excluding hydrogens is 270 g/mol. The van der Waals surface area contributed by atoms with E-state index < -0.39 is 4.92 Å². The van der Waals surface area contributed by atoms with Gasteiger partial charge in [-0.1, -0.05) is 0 Å². The summed E-state index contributed by atoms with van der Waals surface area (Å²) in [5.74, 6) is -0.256. The molecule has 0 saturated carbocycles. The molecule has 100 valence electrons. The van der Waals surface area contributed by atoms with Crippen molar-refractivity contribution in [2.45, 2.75) is 12.3 Å². The highest BCUT2D eigenvalue weighted by Gasteiger charge is 2.33. The van der Waals surface area contributed by atoms with Crippen LogP contribution >= 0.6 is 11.8 Å². The van der Waals surface area contributed by atoms with Gasteiger partial charge in [0.1, 0.15) is 5.37 Å². The van der Waals surface area contributed by atoms with Gasteiger partial charge in [0.25, 0.3) is 11.6 Å². The lowest BCUT2D eigenvalue weighted by molar-refractivity contribution is -0.384. The molecule has 0 aliphatic carbocycles. The number of hydrazine groups is 1. The lowest BCUT2D eigenvalue weighted by Gasteiger charge is -2.23. The Bertz CT molecular complexity index is 531. The van der Waals surface area contributed by atoms with Gasteiger partial charge in [-0.25, -0.2) is 5.01 Å². The van der Waals surface area contributed by atoms with E-state index in [9.17, 15) is 19.7 Å². The number of hydrogen-bond acceptors (Lipinski definition) is 5. The lowest BCUT2D eigenvalue weighted by atomic mass is 10.2. The van der Waals surface area contributed by atoms with E-state index >= 15 is 0 Å². The summed E-state index contributed by atoms with van der Waals surface area (Å²) in [5.41, 5.74) is 3.19. The van der Waals surface area contributed by atoms with Gasteiger partial charge in [-0.15, -0.1) is 11.8 Å². The van der Waals surface area contributed by atoms with Crippen molar-refractivity contribution in [1.82, 2.24) is 10.4 Å². The number of nitrogens with one attached hydrogen (secondary N) is 1. The number of carbonyl (C=O) groups is 2. The number of rotatable bonds is 3. The number of hydrogen-bond donors (Lipinski definition) is 1. The summed E-state index contributed by atoms with van der Waals surface area (Å²) >= 11 is 1.36. The molecule has 19 heavy (non-hydrogen) atoms. The summed E-state index contributed by atoms with van der Waals surface area (Å²) in [4.78, 5) is 32.8. The fourth-order valence-corrected chi connectivity index (χ4v) is 2.83. The molecule has 0 aromatic heterocycles. The van der Waals surface area contributed by atoms with Crippen molar-refractivity contribution in [3.63, 3.8) is 0 Å². The van der Waals surface area contributed by atoms with Gasteiger partial charge >= 0.3 is 0 Å². The first-order chi connectivity index (χ1) is 8.99. The molecule has 1 fully saturated rings. The fourth-order valence-electron chi connectivity index (χ4n) is 1.72. The molecule has 2 rings (SSSR count). The molecule has 1 N–H and O–H groups in total. The van der Waals surface area contributed by atoms with Gasteiger partial charge in [0.2, 0.25) is 5.91 Å². The molecule has 1 aliphatic heterocycles. The van der Waals surface area contributed by atoms with E-state index in [0.29, 0.717) is 0 Å². The van der Waals surface area contributed by atoms with E-state index in [1.54, 1.807) is 12.1 Å². The van der Waals surface area contributed by atoms with Crippen molar-refractivity contribution in [2.75, 3.05) is 5.75 Å². The van der Waals surface area contributed by atoms with Crippen LogP contribution in [0.5, 0.6) is 0 Å². The molecule has 1 aromatic carbocycles. The molecule has 1 saturated heterocycles. The topological polar surface area (TPSA) is 92.6 Å². The van der Waals surface area contributed by atoms with Crippen LogP contribution < -0.4 is 5.43 Å². The Hall–Kier alpha value is -2.09. The van der Waals surface area contributed by atoms with E-state index in [2.05, 4.69) is 5.43 Å². The smallest absolute Gasteiger partial charge is 0.269 e. The zero-order valence-electron chi connectivity index (χ0n) is 10.0. The number of nitro groups is 1. The van der Waals surface area contributed by atoms with E-state index in [-0.39, 0.29) is 28.6 Å². The molecule has 0 bridgehead atoms. The van der Waals surface area contributed by atoms with E-state index in [1.165, 1.54) is 35.8 Å². The first kappa shape index (κ1) is 13.3. The predicted octanol–water partition coefficient (Wildman–Crippen LogP) is 1.22. The van der Waals surface area contributed by atoms with Crippen LogP contribution in [0.15, 0.2) is 24.3 Å². The maximum Gasteiger partial charge on any atom is 0.269 e. The SMILES string of the molecule is CC(=O)NN1C(=O)CSC1c1ccc([N+](=O)[O-])cc1. The van der Waals surface area contributed by atoms with Crippen LogP contribution in [-0.2, 0) is 9.59 Å². The van der Waals surface area contributed by atoms with Crippen molar-refractivity contribution >= 4 is 29.3 Å². The van der Waals surface area contributed by atoms with Gasteiger partial charge in [0.05, 0.1) is 10.7 Å². The Morgan fingerprint density at radius 1 is 1.47 bits per heavy atom. The molecule has 1 aromatic rings. The molecule has 8 heteroatoms. The summed E-state index contributed by atoms with van der Waals surface area (Å²) in [6.07, 6.45) is 0. The molecule has 1 aliphatic rings. The second-order valence-electron chi connectivity index (χ2n) is 3.94. The molecule has 1 unspecified atom stereocenters. The van der Waals surface area contributed by atoms with E-state index in [0.717, 1.165) is 5.56 Å². The van der Waals surface area contributed by atoms with Gasteiger partial charge < -0.3 is 0 Å². The highest BCUT2D eigenvalue weighted by Crippen LogP contribution is 2.37. The van der Waals surface area contributed by atoms with Crippen molar-refractivity contribution < 1.29 is 14.5 Å². The summed E-state index contributed by atoms with van der Waals surface area (Å²) < 4.78 is 0. The second kappa shape index (κ2) is 5.27. The standard InChI is InChI=1S/C11H11N3O4S/c1-7(15)12-13-10(16)6-19-11(13)8-2-4-9(5-3-8)14(17)18/h2-5,11H,6H2,1H3,(H,12,15). The maximum absolute atomic E-state index is 11.7. The minimum Gasteiger partial charge on any atom is -0.274 e. The molecule has 7 nitrogen and oxygen atoms in total. The predicted molar refractivity (Wildman–Crippen MR) is 69.0 cm³/mol. The number of thioether (sulfide) groups is 1. The zero-order chi connectivity index (χ0) is 14.0. The Kier molecular flexibility index (Phi) is 3.70. The summed E-state index contributed by atoms with van der Waals surface area (Å²) in [5, 5.41) is 11.5. The first-order valence-electron chi connectivity index (χ1n) is 5.44. The van der Waals surface area contributed by atoms with Gasteiger partial charge in [0.15, 0.2) is 0 Å². The van der Waals surface area contributed by atoms with Gasteiger partial charge in [-0.3, -0.25) is 25.1 Å². The third-order valence-corrected chi connectivity index (χ3v) is 3.75. The van der Waals surface area contributed by atoms with E-state index in [1.807, 2.05) is 0 Å². The highest BCUT2D eigenvalue weighted by atomic mass is 32.2. The van der Waals surface area contributed by atoms with Crippen LogP contribution in [0, 0.1) is 10.1 Å². The van der Waals surface area contributed by atoms with Crippen molar-refractivity contribution in [3.05, 3.63) is 39.9 Å². The number of amides is 2. The average molecular weight is 281 g/mol. The molecule has 0 radical (unpaired) electrons. The Labute approximate surface area is 113 Å². The van der Waals surface area contributed by atoms with Crippen molar-refractivity contribution in [3.8, 4) is 0 Å². The summed E-state index contributed by atoms with van der Waals surface area (Å²) in [7, 11) is 0. The number of nitro benzene ring substituents is 1. The van der Waals surface area contributed by atoms with Crippen LogP contribution in [0.4, 0.5) is 5.69 Å². The van der Waals surface area contributed by atoms with Gasteiger partial charge in [0, 0.05) is 19.1 Å². The highest BCUT2D eigenvalue weighted by molar-refractivity contribution is 8.00. The van der Waals surface area contributed by atoms with Crippen LogP contribution in [0.1, 0.15) is 17.9 Å². The van der Waals surface area contributed by atoms with Crippen molar-refractivity contribution in [2.24, 2.45) is 0 Å². The Morgan fingerprint density at radius 3 is 2.63 bits per heavy atom. The molecule has 1 heterocycles. The van der Waals surface area contributed by atoms with Gasteiger partial charge in [-0.05, 0) is 17.7 Å². The monoisotopic (exact) mass is 281 g/mol. The summed E-state index contributed by atoms with van der Waals surface area (Å²) in [6.45, 7) is 1.32. The molecule has 2 amide bonds. The number of non-ortho nitro benzene ring substituents is 1. The minimum absolute atomic E-state index is 0.0100. The van der Waals surface area contributed by atoms with Crippen LogP contribution in [-0.4, -0.2) is 27.5 Å². The minimum atomic E-state index is -0.484. The van der Waals surface area contributed by atoms with Gasteiger partial charge in [-0.2, -0.15) is 0 Å². The second-order valence-corrected chi connectivity index (χ2v) is 5.01. The van der Waals surface area contributed by atoms with E-state index in [4.69, 9.17) is 0 Å². The fraction of sp³-hybridized carbons (Fsp3) is 0.273. The normalized spacial score (nSPS) is 18.5. The maximum atomic E-state index is 11.7. The zero-order valence-corrected chi connectivity index (χ0v) is 10.8. The average Bonchev–Trinajstić information content (AvgIpc) is 2.71. The summed E-state index contributed by atoms with van der Waals surface area (Å²) in [6, 6.07) is 5.93. The van der Waals surface area contributed by atoms with Crippen molar-refractivity contribution in [1.29, 1.82) is 0 Å². The van der Waals surface area contributed by atoms with Crippen LogP contribution in [0.25, 0.3) is 0 Å². The number of benzene rings is 1. The Balaban J connectivity index is 2.22. The first-order valence-corrected chi connectivity index (χ1v) is 6.49. The lowest BCUT2D eigenvalue weighted by Crippen LogP contribution is -2.43. The van der Waals surface area contributed by atoms with Crippen LogP contribution in [0.3, 0.4) is 0 Å². The number of nitrogens with zero attached hydrogens (tertiary/aromatic N) is 2. The third kappa shape index (κ3) is 2.84. The quantitative estimate of drug-likeness (QED) is 0.664. The molecule has 0 spiro atoms. The number of carbonyl (C=O) groups excluding carboxylic acids is 2. The molecular formula is C11H11N3O4S. The largest absolute Gasteiger partial charge is 0.274 e. The van der Waals surface area contributed by atoms with Crippen LogP contribution in [0.2, 0.25) is 0 Å².